The van der Waals surface area contributed by atoms with Crippen LogP contribution in [0.5, 0.6) is 5.75 Å². The largest absolute Gasteiger partial charge is 0.476 e. The number of anilines is 1. The summed E-state index contributed by atoms with van der Waals surface area (Å²) in [5.74, 6) is -0.0327. The summed E-state index contributed by atoms with van der Waals surface area (Å²) in [6.45, 7) is 3.43. The molecule has 3 aromatic rings. The van der Waals surface area contributed by atoms with Crippen LogP contribution in [0.4, 0.5) is 5.69 Å². The van der Waals surface area contributed by atoms with Crippen molar-refractivity contribution in [1.29, 1.82) is 0 Å². The quantitative estimate of drug-likeness (QED) is 0.500. The number of hydrogen-bond donors (Lipinski definition) is 1. The summed E-state index contributed by atoms with van der Waals surface area (Å²) in [4.78, 5) is 15.6. The molecule has 0 aromatic heterocycles. The van der Waals surface area contributed by atoms with Gasteiger partial charge in [-0.2, -0.15) is 0 Å². The van der Waals surface area contributed by atoms with E-state index >= 15 is 0 Å². The number of carbonyl (C=O) groups is 1. The maximum absolute atomic E-state index is 13.5. The van der Waals surface area contributed by atoms with Crippen LogP contribution in [0.3, 0.4) is 0 Å². The molecule has 36 heavy (non-hydrogen) atoms. The first kappa shape index (κ1) is 24.6. The molecule has 0 radical (unpaired) electrons. The molecule has 3 aromatic carbocycles. The maximum Gasteiger partial charge on any atom is 0.264 e. The minimum atomic E-state index is -3.93. The molecule has 2 aliphatic heterocycles. The van der Waals surface area contributed by atoms with Crippen LogP contribution in [0.15, 0.2) is 77.7 Å². The summed E-state index contributed by atoms with van der Waals surface area (Å²) in [5.41, 5.74) is 2.61. The van der Waals surface area contributed by atoms with Crippen LogP contribution >= 0.6 is 11.6 Å². The number of sulfonamides is 1. The molecule has 2 heterocycles. The number of ether oxygens (including phenoxy) is 1. The van der Waals surface area contributed by atoms with Gasteiger partial charge in [-0.1, -0.05) is 48.0 Å². The van der Waals surface area contributed by atoms with Gasteiger partial charge in [0.1, 0.15) is 5.75 Å². The van der Waals surface area contributed by atoms with Crippen LogP contribution in [0.2, 0.25) is 5.02 Å². The van der Waals surface area contributed by atoms with Gasteiger partial charge in [0.15, 0.2) is 6.10 Å². The normalized spacial score (nSPS) is 17.9. The van der Waals surface area contributed by atoms with Crippen molar-refractivity contribution in [2.75, 3.05) is 23.9 Å². The number of nitrogens with one attached hydrogen (secondary N) is 1. The van der Waals surface area contributed by atoms with Gasteiger partial charge < -0.3 is 10.1 Å². The third-order valence-corrected chi connectivity index (χ3v) is 8.57. The zero-order valence-electron chi connectivity index (χ0n) is 19.8. The lowest BCUT2D eigenvalue weighted by molar-refractivity contribution is -0.127. The molecule has 7 nitrogen and oxygen atoms in total. The Hall–Kier alpha value is -3.07. The molecule has 1 unspecified atom stereocenters. The van der Waals surface area contributed by atoms with Crippen LogP contribution in [-0.4, -0.2) is 45.0 Å². The van der Waals surface area contributed by atoms with E-state index in [1.165, 1.54) is 47.0 Å². The summed E-state index contributed by atoms with van der Waals surface area (Å²) in [5, 5.41) is 3.34. The number of nitrogens with zero attached hydrogens (tertiary/aromatic N) is 2. The second-order valence-electron chi connectivity index (χ2n) is 9.08. The van der Waals surface area contributed by atoms with E-state index in [1.807, 2.05) is 12.1 Å². The number of carbonyl (C=O) groups excluding carboxylic acids is 1. The van der Waals surface area contributed by atoms with E-state index in [0.29, 0.717) is 23.0 Å². The highest BCUT2D eigenvalue weighted by molar-refractivity contribution is 7.92. The van der Waals surface area contributed by atoms with E-state index in [-0.39, 0.29) is 17.3 Å². The fourth-order valence-electron chi connectivity index (χ4n) is 4.56. The monoisotopic (exact) mass is 525 g/mol. The Balaban J connectivity index is 1.28. The van der Waals surface area contributed by atoms with Crippen LogP contribution in [-0.2, 0) is 27.9 Å². The zero-order chi connectivity index (χ0) is 25.1. The molecule has 0 aliphatic carbocycles. The molecular weight excluding hydrogens is 498 g/mol. The Kier molecular flexibility index (Phi) is 7.18. The number of para-hydroxylation sites is 2. The van der Waals surface area contributed by atoms with Crippen molar-refractivity contribution >= 4 is 33.2 Å². The molecule has 1 saturated heterocycles. The summed E-state index contributed by atoms with van der Waals surface area (Å²) in [7, 11) is -3.93. The number of rotatable bonds is 7. The Labute approximate surface area is 216 Å². The summed E-state index contributed by atoms with van der Waals surface area (Å²) < 4.78 is 34.1. The Bertz CT molecular complexity index is 1320. The van der Waals surface area contributed by atoms with Crippen molar-refractivity contribution in [3.05, 3.63) is 88.9 Å². The summed E-state index contributed by atoms with van der Waals surface area (Å²) in [6, 6.07) is 21.0. The van der Waals surface area contributed by atoms with Crippen LogP contribution in [0.25, 0.3) is 0 Å². The van der Waals surface area contributed by atoms with Gasteiger partial charge in [-0.25, -0.2) is 8.42 Å². The Morgan fingerprint density at radius 3 is 2.33 bits per heavy atom. The molecule has 188 valence electrons. The molecular formula is C27H28ClN3O4S. The lowest BCUT2D eigenvalue weighted by atomic mass is 10.1. The second kappa shape index (κ2) is 10.5. The van der Waals surface area contributed by atoms with Gasteiger partial charge in [-0.15, -0.1) is 0 Å². The minimum absolute atomic E-state index is 0.0942. The van der Waals surface area contributed by atoms with E-state index in [9.17, 15) is 13.2 Å². The van der Waals surface area contributed by atoms with Gasteiger partial charge in [0.05, 0.1) is 17.1 Å². The van der Waals surface area contributed by atoms with Crippen molar-refractivity contribution in [1.82, 2.24) is 10.2 Å². The highest BCUT2D eigenvalue weighted by Crippen LogP contribution is 2.37. The number of hydrogen-bond acceptors (Lipinski definition) is 5. The first-order valence-electron chi connectivity index (χ1n) is 12.0. The molecule has 0 spiro atoms. The van der Waals surface area contributed by atoms with Gasteiger partial charge in [-0.05, 0) is 73.5 Å². The Morgan fingerprint density at radius 2 is 1.61 bits per heavy atom. The highest BCUT2D eigenvalue weighted by atomic mass is 35.5. The number of likely N-dealkylation sites (tertiary alicyclic amines) is 1. The van der Waals surface area contributed by atoms with E-state index in [1.54, 1.807) is 24.3 Å². The first-order valence-corrected chi connectivity index (χ1v) is 13.8. The fraction of sp³-hybridized carbons (Fsp3) is 0.296. The van der Waals surface area contributed by atoms with Crippen molar-refractivity contribution in [3.63, 3.8) is 0 Å². The molecule has 0 saturated carbocycles. The number of halogens is 1. The maximum atomic E-state index is 13.5. The second-order valence-corrected chi connectivity index (χ2v) is 11.4. The topological polar surface area (TPSA) is 79.0 Å². The molecule has 1 fully saturated rings. The van der Waals surface area contributed by atoms with E-state index in [2.05, 4.69) is 22.3 Å². The lowest BCUT2D eigenvalue weighted by Gasteiger charge is -2.34. The van der Waals surface area contributed by atoms with Crippen LogP contribution < -0.4 is 14.4 Å². The Morgan fingerprint density at radius 1 is 0.944 bits per heavy atom. The molecule has 9 heteroatoms. The molecule has 1 amide bonds. The molecule has 5 rings (SSSR count). The minimum Gasteiger partial charge on any atom is -0.476 e. The SMILES string of the molecule is O=C(NCc1ccc(CN2CCCC2)cc1)C1CN(S(=O)(=O)c2ccc(Cl)cc2)c2ccccc2O1. The third-order valence-electron chi connectivity index (χ3n) is 6.52. The summed E-state index contributed by atoms with van der Waals surface area (Å²) >= 11 is 5.94. The molecule has 1 N–H and O–H groups in total. The fourth-order valence-corrected chi connectivity index (χ4v) is 6.17. The van der Waals surface area contributed by atoms with Crippen molar-refractivity contribution in [2.24, 2.45) is 0 Å². The smallest absolute Gasteiger partial charge is 0.264 e. The van der Waals surface area contributed by atoms with Gasteiger partial charge in [0.25, 0.3) is 15.9 Å². The van der Waals surface area contributed by atoms with E-state index in [4.69, 9.17) is 16.3 Å². The zero-order valence-corrected chi connectivity index (χ0v) is 21.3. The number of fused-ring (bicyclic) bond motifs is 1. The first-order chi connectivity index (χ1) is 17.4. The number of benzene rings is 3. The molecule has 2 aliphatic rings. The van der Waals surface area contributed by atoms with Gasteiger partial charge >= 0.3 is 0 Å². The van der Waals surface area contributed by atoms with Crippen LogP contribution in [0.1, 0.15) is 24.0 Å². The predicted molar refractivity (Wildman–Crippen MR) is 140 cm³/mol. The van der Waals surface area contributed by atoms with Gasteiger partial charge in [-0.3, -0.25) is 14.0 Å². The van der Waals surface area contributed by atoms with Crippen molar-refractivity contribution in [2.45, 2.75) is 36.9 Å². The molecule has 0 bridgehead atoms. The van der Waals surface area contributed by atoms with Crippen LogP contribution in [0, 0.1) is 0 Å². The lowest BCUT2D eigenvalue weighted by Crippen LogP contribution is -2.50. The average Bonchev–Trinajstić information content (AvgIpc) is 3.41. The van der Waals surface area contributed by atoms with Gasteiger partial charge in [0.2, 0.25) is 0 Å². The number of amides is 1. The van der Waals surface area contributed by atoms with Gasteiger partial charge in [0, 0.05) is 18.1 Å². The predicted octanol–water partition coefficient (Wildman–Crippen LogP) is 4.21. The van der Waals surface area contributed by atoms with E-state index < -0.39 is 16.1 Å². The molecule has 1 atom stereocenters. The average molecular weight is 526 g/mol. The van der Waals surface area contributed by atoms with E-state index in [0.717, 1.165) is 25.2 Å². The summed E-state index contributed by atoms with van der Waals surface area (Å²) in [6.07, 6.45) is 1.53. The standard InChI is InChI=1S/C27H28ClN3O4S/c28-22-11-13-23(14-12-22)36(33,34)31-19-26(35-25-6-2-1-5-24(25)31)27(32)29-17-20-7-9-21(10-8-20)18-30-15-3-4-16-30/h1-2,5-14,26H,3-4,15-19H2,(H,29,32). The van der Waals surface area contributed by atoms with Crippen molar-refractivity contribution < 1.29 is 17.9 Å². The third kappa shape index (κ3) is 5.36. The van der Waals surface area contributed by atoms with Crippen molar-refractivity contribution in [3.8, 4) is 5.75 Å². The highest BCUT2D eigenvalue weighted by Gasteiger charge is 2.37.